The van der Waals surface area contributed by atoms with Gasteiger partial charge in [0.25, 0.3) is 0 Å². The van der Waals surface area contributed by atoms with Crippen molar-refractivity contribution in [2.24, 2.45) is 17.8 Å². The molecule has 6 nitrogen and oxygen atoms in total. The Morgan fingerprint density at radius 2 is 2.09 bits per heavy atom. The number of nitrogens with one attached hydrogen (secondary N) is 2. The fraction of sp³-hybridized carbons (Fsp3) is 0.538. The summed E-state index contributed by atoms with van der Waals surface area (Å²) in [7, 11) is 1.65. The van der Waals surface area contributed by atoms with Crippen LogP contribution in [0.3, 0.4) is 0 Å². The molecule has 168 valence electrons. The van der Waals surface area contributed by atoms with Crippen LogP contribution < -0.4 is 10.1 Å². The first kappa shape index (κ1) is 20.2. The van der Waals surface area contributed by atoms with Crippen molar-refractivity contribution in [2.75, 3.05) is 26.9 Å². The maximum Gasteiger partial charge on any atom is 0.213 e. The second-order valence-corrected chi connectivity index (χ2v) is 9.92. The van der Waals surface area contributed by atoms with Crippen molar-refractivity contribution in [3.05, 3.63) is 41.6 Å². The van der Waals surface area contributed by atoms with Gasteiger partial charge < -0.3 is 14.8 Å². The first-order valence-corrected chi connectivity index (χ1v) is 12.0. The SMILES string of the molecule is COc1cc(-c2n[nH]c3cc(C)c([C@H]4C[C@@H]5CN[C@H]([C@@H]6CCCOC6)[C@H]5C4)cc23)ccn1. The van der Waals surface area contributed by atoms with Crippen LogP contribution in [0.4, 0.5) is 0 Å². The fourth-order valence-corrected chi connectivity index (χ4v) is 6.61. The zero-order valence-electron chi connectivity index (χ0n) is 18.9. The van der Waals surface area contributed by atoms with Crippen LogP contribution in [0.2, 0.25) is 0 Å². The van der Waals surface area contributed by atoms with Crippen molar-refractivity contribution in [3.63, 3.8) is 0 Å². The average molecular weight is 433 g/mol. The summed E-state index contributed by atoms with van der Waals surface area (Å²) in [5.41, 5.74) is 5.96. The number of aromatic nitrogens is 3. The number of rotatable bonds is 4. The number of H-pyrrole nitrogens is 1. The highest BCUT2D eigenvalue weighted by Crippen LogP contribution is 2.49. The minimum Gasteiger partial charge on any atom is -0.481 e. The number of aromatic amines is 1. The molecule has 3 aromatic rings. The molecule has 2 N–H and O–H groups in total. The quantitative estimate of drug-likeness (QED) is 0.637. The van der Waals surface area contributed by atoms with Crippen LogP contribution in [0.25, 0.3) is 22.2 Å². The molecule has 1 aromatic carbocycles. The molecule has 1 saturated carbocycles. The molecule has 6 heteroatoms. The van der Waals surface area contributed by atoms with Gasteiger partial charge in [0, 0.05) is 35.9 Å². The Morgan fingerprint density at radius 3 is 2.94 bits per heavy atom. The standard InChI is InChI=1S/C26H32N4O2/c1-15-8-23-22(26(30-29-23)16-5-6-27-24(11-16)31-2)12-20(15)18-9-19-13-28-25(21(19)10-18)17-4-3-7-32-14-17/h5-6,8,11-12,17-19,21,25,28H,3-4,7,9-10,13-14H2,1-2H3,(H,29,30)/t17-,18+,19-,21+,25-/m1/s1. The van der Waals surface area contributed by atoms with E-state index >= 15 is 0 Å². The van der Waals surface area contributed by atoms with Gasteiger partial charge in [-0.1, -0.05) is 0 Å². The molecular formula is C26H32N4O2. The van der Waals surface area contributed by atoms with Gasteiger partial charge in [-0.2, -0.15) is 5.10 Å². The van der Waals surface area contributed by atoms with Crippen molar-refractivity contribution in [1.29, 1.82) is 0 Å². The molecule has 0 spiro atoms. The van der Waals surface area contributed by atoms with E-state index in [0.29, 0.717) is 23.8 Å². The number of ether oxygens (including phenoxy) is 2. The molecule has 0 unspecified atom stereocenters. The zero-order chi connectivity index (χ0) is 21.7. The second-order valence-electron chi connectivity index (χ2n) is 9.92. The lowest BCUT2D eigenvalue weighted by atomic mass is 9.82. The molecule has 5 atom stereocenters. The highest BCUT2D eigenvalue weighted by atomic mass is 16.5. The number of hydrogen-bond donors (Lipinski definition) is 2. The summed E-state index contributed by atoms with van der Waals surface area (Å²) >= 11 is 0. The number of pyridine rings is 1. The Balaban J connectivity index is 1.30. The number of aryl methyl sites for hydroxylation is 1. The maximum atomic E-state index is 5.82. The molecule has 32 heavy (non-hydrogen) atoms. The van der Waals surface area contributed by atoms with Crippen LogP contribution in [-0.4, -0.2) is 48.1 Å². The van der Waals surface area contributed by atoms with Gasteiger partial charge in [0.1, 0.15) is 5.69 Å². The van der Waals surface area contributed by atoms with Crippen LogP contribution in [0, 0.1) is 24.7 Å². The van der Waals surface area contributed by atoms with E-state index in [1.165, 1.54) is 42.2 Å². The van der Waals surface area contributed by atoms with E-state index in [4.69, 9.17) is 9.47 Å². The largest absolute Gasteiger partial charge is 0.481 e. The highest BCUT2D eigenvalue weighted by molar-refractivity contribution is 5.94. The minimum absolute atomic E-state index is 0.611. The molecule has 0 amide bonds. The van der Waals surface area contributed by atoms with Gasteiger partial charge in [-0.05, 0) is 92.1 Å². The predicted molar refractivity (Wildman–Crippen MR) is 125 cm³/mol. The summed E-state index contributed by atoms with van der Waals surface area (Å²) in [6.07, 6.45) is 6.86. The van der Waals surface area contributed by atoms with E-state index in [0.717, 1.165) is 48.4 Å². The van der Waals surface area contributed by atoms with Crippen molar-refractivity contribution >= 4 is 10.9 Å². The molecule has 2 aliphatic heterocycles. The van der Waals surface area contributed by atoms with E-state index < -0.39 is 0 Å². The number of methoxy groups -OCH3 is 1. The summed E-state index contributed by atoms with van der Waals surface area (Å²) in [5, 5.41) is 12.9. The summed E-state index contributed by atoms with van der Waals surface area (Å²) in [6.45, 7) is 5.29. The van der Waals surface area contributed by atoms with E-state index in [2.05, 4.69) is 39.6 Å². The third-order valence-electron chi connectivity index (χ3n) is 8.14. The van der Waals surface area contributed by atoms with Gasteiger partial charge in [0.15, 0.2) is 0 Å². The smallest absolute Gasteiger partial charge is 0.213 e. The van der Waals surface area contributed by atoms with Gasteiger partial charge >= 0.3 is 0 Å². The third-order valence-corrected chi connectivity index (χ3v) is 8.14. The average Bonchev–Trinajstić information content (AvgIpc) is 3.53. The molecule has 1 aliphatic carbocycles. The van der Waals surface area contributed by atoms with Gasteiger partial charge in [0.2, 0.25) is 5.88 Å². The molecule has 0 radical (unpaired) electrons. The highest BCUT2D eigenvalue weighted by Gasteiger charge is 2.46. The van der Waals surface area contributed by atoms with Crippen molar-refractivity contribution in [2.45, 2.75) is 44.6 Å². The van der Waals surface area contributed by atoms with Crippen molar-refractivity contribution < 1.29 is 9.47 Å². The Labute approximate surface area is 189 Å². The molecule has 2 aromatic heterocycles. The summed E-state index contributed by atoms with van der Waals surface area (Å²) < 4.78 is 11.1. The molecule has 2 saturated heterocycles. The maximum absolute atomic E-state index is 5.82. The summed E-state index contributed by atoms with van der Waals surface area (Å²) in [5.74, 6) is 3.48. The van der Waals surface area contributed by atoms with Crippen LogP contribution in [0.15, 0.2) is 30.5 Å². The number of fused-ring (bicyclic) bond motifs is 2. The Kier molecular flexibility index (Phi) is 5.15. The van der Waals surface area contributed by atoms with E-state index in [9.17, 15) is 0 Å². The van der Waals surface area contributed by atoms with Crippen LogP contribution in [0.1, 0.15) is 42.7 Å². The van der Waals surface area contributed by atoms with Crippen molar-refractivity contribution in [3.8, 4) is 17.1 Å². The molecule has 3 aliphatic rings. The van der Waals surface area contributed by atoms with E-state index in [1.807, 2.05) is 12.1 Å². The number of hydrogen-bond acceptors (Lipinski definition) is 5. The van der Waals surface area contributed by atoms with Crippen LogP contribution in [0.5, 0.6) is 5.88 Å². The van der Waals surface area contributed by atoms with Gasteiger partial charge in [-0.3, -0.25) is 5.10 Å². The van der Waals surface area contributed by atoms with Gasteiger partial charge in [-0.15, -0.1) is 0 Å². The van der Waals surface area contributed by atoms with Crippen LogP contribution in [-0.2, 0) is 4.74 Å². The number of nitrogens with zero attached hydrogens (tertiary/aromatic N) is 2. The lowest BCUT2D eigenvalue weighted by molar-refractivity contribution is 0.0345. The number of benzene rings is 1. The minimum atomic E-state index is 0.611. The first-order valence-electron chi connectivity index (χ1n) is 12.0. The Morgan fingerprint density at radius 1 is 1.16 bits per heavy atom. The monoisotopic (exact) mass is 432 g/mol. The summed E-state index contributed by atoms with van der Waals surface area (Å²) in [6, 6.07) is 9.26. The fourth-order valence-electron chi connectivity index (χ4n) is 6.61. The molecule has 4 heterocycles. The Bertz CT molecular complexity index is 1120. The van der Waals surface area contributed by atoms with Crippen LogP contribution >= 0.6 is 0 Å². The van der Waals surface area contributed by atoms with E-state index in [-0.39, 0.29) is 0 Å². The molecule has 3 fully saturated rings. The molecular weight excluding hydrogens is 400 g/mol. The Hall–Kier alpha value is -2.44. The lowest BCUT2D eigenvalue weighted by Crippen LogP contribution is -2.39. The van der Waals surface area contributed by atoms with Crippen molar-refractivity contribution in [1.82, 2.24) is 20.5 Å². The molecule has 0 bridgehead atoms. The zero-order valence-corrected chi connectivity index (χ0v) is 18.9. The summed E-state index contributed by atoms with van der Waals surface area (Å²) in [4.78, 5) is 4.25. The normalized spacial score (nSPS) is 30.0. The van der Waals surface area contributed by atoms with Gasteiger partial charge in [0.05, 0.1) is 19.2 Å². The van der Waals surface area contributed by atoms with Gasteiger partial charge in [-0.25, -0.2) is 4.98 Å². The predicted octanol–water partition coefficient (Wildman–Crippen LogP) is 4.45. The third kappa shape index (κ3) is 3.41. The second kappa shape index (κ2) is 8.16. The van der Waals surface area contributed by atoms with E-state index in [1.54, 1.807) is 13.3 Å². The lowest BCUT2D eigenvalue weighted by Gasteiger charge is -2.31. The first-order chi connectivity index (χ1) is 15.7. The molecule has 6 rings (SSSR count). The topological polar surface area (TPSA) is 72.1 Å².